The summed E-state index contributed by atoms with van der Waals surface area (Å²) in [4.78, 5) is 25.2. The van der Waals surface area contributed by atoms with Crippen molar-refractivity contribution < 1.29 is 18.7 Å². The summed E-state index contributed by atoms with van der Waals surface area (Å²) in [7, 11) is 0. The third kappa shape index (κ3) is 3.60. The standard InChI is InChI=1S/C23H26FN3O4/c1-5-30-22(29)15-12-26-16(11-17(15)28)21-14-7-6-8-18(31-10-9-24)20(14)25-27(21)13-19(26)23(2,3)4/h6-8,11-12,19H,5,9-10,13H2,1-4H3. The van der Waals surface area contributed by atoms with Crippen LogP contribution in [-0.2, 0) is 11.3 Å². The number of ether oxygens (including phenoxy) is 2. The molecule has 0 saturated carbocycles. The Balaban J connectivity index is 1.97. The molecule has 1 aromatic carbocycles. The fraction of sp³-hybridized carbons (Fsp3) is 0.435. The number of alkyl halides is 1. The minimum absolute atomic E-state index is 0.0177. The third-order valence-corrected chi connectivity index (χ3v) is 5.57. The first-order valence-electron chi connectivity index (χ1n) is 10.4. The topological polar surface area (TPSA) is 75.3 Å². The summed E-state index contributed by atoms with van der Waals surface area (Å²) in [5.41, 5.74) is 1.50. The molecule has 2 aromatic heterocycles. The number of carbonyl (C=O) groups excluding carboxylic acids is 1. The number of benzene rings is 1. The van der Waals surface area contributed by atoms with Crippen molar-refractivity contribution in [3.05, 3.63) is 46.2 Å². The van der Waals surface area contributed by atoms with Gasteiger partial charge in [-0.15, -0.1) is 0 Å². The zero-order valence-electron chi connectivity index (χ0n) is 18.1. The number of rotatable bonds is 5. The molecule has 0 saturated heterocycles. The van der Waals surface area contributed by atoms with Gasteiger partial charge in [0.2, 0.25) is 0 Å². The monoisotopic (exact) mass is 427 g/mol. The molecule has 0 radical (unpaired) electrons. The van der Waals surface area contributed by atoms with Gasteiger partial charge in [-0.1, -0.05) is 32.9 Å². The van der Waals surface area contributed by atoms with Gasteiger partial charge >= 0.3 is 5.97 Å². The molecule has 31 heavy (non-hydrogen) atoms. The van der Waals surface area contributed by atoms with E-state index in [1.165, 1.54) is 6.07 Å². The maximum Gasteiger partial charge on any atom is 0.343 e. The summed E-state index contributed by atoms with van der Waals surface area (Å²) < 4.78 is 27.2. The highest BCUT2D eigenvalue weighted by molar-refractivity contribution is 5.97. The minimum atomic E-state index is -0.624. The number of hydrogen-bond donors (Lipinski definition) is 0. The normalized spacial score (nSPS) is 15.5. The highest BCUT2D eigenvalue weighted by atomic mass is 19.1. The van der Waals surface area contributed by atoms with Crippen LogP contribution in [-0.4, -0.2) is 40.2 Å². The van der Waals surface area contributed by atoms with Gasteiger partial charge in [-0.3, -0.25) is 9.48 Å². The number of halogens is 1. The lowest BCUT2D eigenvalue weighted by Crippen LogP contribution is -2.35. The molecule has 7 nitrogen and oxygen atoms in total. The Bertz CT molecular complexity index is 1210. The predicted octanol–water partition coefficient (Wildman–Crippen LogP) is 3.99. The average molecular weight is 427 g/mol. The molecule has 0 amide bonds. The van der Waals surface area contributed by atoms with E-state index < -0.39 is 18.1 Å². The molecule has 0 N–H and O–H groups in total. The lowest BCUT2D eigenvalue weighted by Gasteiger charge is -2.38. The Morgan fingerprint density at radius 2 is 2.10 bits per heavy atom. The van der Waals surface area contributed by atoms with Crippen LogP contribution < -0.4 is 10.2 Å². The van der Waals surface area contributed by atoms with Gasteiger partial charge in [0, 0.05) is 17.6 Å². The van der Waals surface area contributed by atoms with Crippen LogP contribution in [0.2, 0.25) is 0 Å². The number of pyridine rings is 1. The van der Waals surface area contributed by atoms with Crippen LogP contribution >= 0.6 is 0 Å². The Kier molecular flexibility index (Phi) is 5.33. The Hall–Kier alpha value is -3.16. The highest BCUT2D eigenvalue weighted by Crippen LogP contribution is 2.43. The van der Waals surface area contributed by atoms with Crippen molar-refractivity contribution in [2.45, 2.75) is 40.3 Å². The summed E-state index contributed by atoms with van der Waals surface area (Å²) in [6.07, 6.45) is 1.61. The highest BCUT2D eigenvalue weighted by Gasteiger charge is 2.35. The van der Waals surface area contributed by atoms with Crippen LogP contribution in [0, 0.1) is 5.41 Å². The van der Waals surface area contributed by atoms with Crippen molar-refractivity contribution in [3.63, 3.8) is 0 Å². The number of fused-ring (bicyclic) bond motifs is 5. The van der Waals surface area contributed by atoms with E-state index >= 15 is 0 Å². The predicted molar refractivity (Wildman–Crippen MR) is 115 cm³/mol. The molecule has 1 aliphatic heterocycles. The van der Waals surface area contributed by atoms with E-state index in [-0.39, 0.29) is 30.2 Å². The van der Waals surface area contributed by atoms with Crippen LogP contribution in [0.5, 0.6) is 5.75 Å². The lowest BCUT2D eigenvalue weighted by molar-refractivity contribution is 0.0522. The van der Waals surface area contributed by atoms with E-state index in [2.05, 4.69) is 20.8 Å². The van der Waals surface area contributed by atoms with Gasteiger partial charge in [0.1, 0.15) is 30.1 Å². The van der Waals surface area contributed by atoms with E-state index in [9.17, 15) is 14.0 Å². The van der Waals surface area contributed by atoms with Crippen LogP contribution in [0.1, 0.15) is 44.1 Å². The average Bonchev–Trinajstić information content (AvgIpc) is 3.10. The van der Waals surface area contributed by atoms with Crippen LogP contribution in [0.15, 0.2) is 35.3 Å². The maximum atomic E-state index is 12.8. The molecule has 3 aromatic rings. The second-order valence-electron chi connectivity index (χ2n) is 8.67. The van der Waals surface area contributed by atoms with E-state index in [0.717, 1.165) is 11.1 Å². The first-order chi connectivity index (χ1) is 14.8. The SMILES string of the molecule is CCOC(=O)c1cn2c(cc1=O)-c1c3cccc(OCCF)c3nn1CC2C(C)(C)C. The number of nitrogens with zero attached hydrogens (tertiary/aromatic N) is 3. The molecule has 1 unspecified atom stereocenters. The van der Waals surface area contributed by atoms with Crippen molar-refractivity contribution in [1.82, 2.24) is 14.3 Å². The summed E-state index contributed by atoms with van der Waals surface area (Å²) in [5, 5.41) is 5.55. The molecular formula is C23H26FN3O4. The third-order valence-electron chi connectivity index (χ3n) is 5.57. The van der Waals surface area contributed by atoms with Gasteiger partial charge in [0.05, 0.1) is 30.6 Å². The summed E-state index contributed by atoms with van der Waals surface area (Å²) in [6.45, 7) is 8.12. The number of carbonyl (C=O) groups is 1. The van der Waals surface area contributed by atoms with Gasteiger partial charge in [-0.2, -0.15) is 5.10 Å². The Morgan fingerprint density at radius 1 is 1.32 bits per heavy atom. The van der Waals surface area contributed by atoms with Crippen LogP contribution in [0.3, 0.4) is 0 Å². The molecule has 3 heterocycles. The largest absolute Gasteiger partial charge is 0.489 e. The van der Waals surface area contributed by atoms with E-state index in [1.54, 1.807) is 19.2 Å². The molecular weight excluding hydrogens is 401 g/mol. The van der Waals surface area contributed by atoms with Crippen molar-refractivity contribution >= 4 is 16.9 Å². The van der Waals surface area contributed by atoms with Crippen molar-refractivity contribution in [1.29, 1.82) is 0 Å². The molecule has 1 aliphatic rings. The maximum absolute atomic E-state index is 12.8. The van der Waals surface area contributed by atoms with E-state index in [0.29, 0.717) is 23.5 Å². The minimum Gasteiger partial charge on any atom is -0.489 e. The second-order valence-corrected chi connectivity index (χ2v) is 8.67. The summed E-state index contributed by atoms with van der Waals surface area (Å²) >= 11 is 0. The van der Waals surface area contributed by atoms with E-state index in [4.69, 9.17) is 14.6 Å². The van der Waals surface area contributed by atoms with Crippen LogP contribution in [0.25, 0.3) is 22.3 Å². The zero-order chi connectivity index (χ0) is 22.3. The van der Waals surface area contributed by atoms with Gasteiger partial charge < -0.3 is 14.0 Å². The zero-order valence-corrected chi connectivity index (χ0v) is 18.1. The van der Waals surface area contributed by atoms with Crippen molar-refractivity contribution in [2.24, 2.45) is 5.41 Å². The molecule has 4 rings (SSSR count). The fourth-order valence-electron chi connectivity index (χ4n) is 4.10. The Labute approximate surface area is 179 Å². The van der Waals surface area contributed by atoms with E-state index in [1.807, 2.05) is 21.4 Å². The molecule has 0 aliphatic carbocycles. The van der Waals surface area contributed by atoms with Gasteiger partial charge in [-0.05, 0) is 18.4 Å². The number of esters is 1. The summed E-state index contributed by atoms with van der Waals surface area (Å²) in [6, 6.07) is 6.90. The molecule has 0 bridgehead atoms. The first kappa shape index (κ1) is 21.1. The Morgan fingerprint density at radius 3 is 2.77 bits per heavy atom. The quantitative estimate of drug-likeness (QED) is 0.576. The summed E-state index contributed by atoms with van der Waals surface area (Å²) in [5.74, 6) is -0.122. The molecule has 0 fully saturated rings. The second kappa shape index (κ2) is 7.83. The van der Waals surface area contributed by atoms with Crippen molar-refractivity contribution in [2.75, 3.05) is 19.9 Å². The molecule has 8 heteroatoms. The van der Waals surface area contributed by atoms with Gasteiger partial charge in [-0.25, -0.2) is 9.18 Å². The van der Waals surface area contributed by atoms with Crippen molar-refractivity contribution in [3.8, 4) is 17.1 Å². The molecule has 164 valence electrons. The number of hydrogen-bond acceptors (Lipinski definition) is 5. The number of aromatic nitrogens is 3. The smallest absolute Gasteiger partial charge is 0.343 e. The lowest BCUT2D eigenvalue weighted by atomic mass is 9.85. The van der Waals surface area contributed by atoms with Crippen LogP contribution in [0.4, 0.5) is 4.39 Å². The molecule has 0 spiro atoms. The molecule has 1 atom stereocenters. The van der Waals surface area contributed by atoms with Gasteiger partial charge in [0.25, 0.3) is 0 Å². The van der Waals surface area contributed by atoms with Gasteiger partial charge in [0.15, 0.2) is 5.43 Å². The first-order valence-corrected chi connectivity index (χ1v) is 10.4. The fourth-order valence-corrected chi connectivity index (χ4v) is 4.10.